The lowest BCUT2D eigenvalue weighted by Gasteiger charge is -2.40. The van der Waals surface area contributed by atoms with E-state index in [1.165, 1.54) is 13.8 Å². The molecule has 0 saturated carbocycles. The summed E-state index contributed by atoms with van der Waals surface area (Å²) in [5.41, 5.74) is -1.07. The van der Waals surface area contributed by atoms with Crippen LogP contribution in [0.2, 0.25) is 36.3 Å². The predicted molar refractivity (Wildman–Crippen MR) is 299 cm³/mol. The summed E-state index contributed by atoms with van der Waals surface area (Å²) in [6.45, 7) is 40.2. The van der Waals surface area contributed by atoms with Gasteiger partial charge in [0.25, 0.3) is 0 Å². The summed E-state index contributed by atoms with van der Waals surface area (Å²) in [7, 11) is -4.06. The number of aliphatic hydroxyl groups excluding tert-OH is 2. The molecule has 0 radical (unpaired) electrons. The molecule has 0 aromatic heterocycles. The molecule has 0 fully saturated rings. The van der Waals surface area contributed by atoms with Crippen molar-refractivity contribution in [2.75, 3.05) is 13.2 Å². The average molecular weight is 1080 g/mol. The Balaban J connectivity index is 0.000000795. The van der Waals surface area contributed by atoms with Gasteiger partial charge < -0.3 is 48.2 Å². The van der Waals surface area contributed by atoms with Gasteiger partial charge in [0.1, 0.15) is 35.6 Å². The van der Waals surface area contributed by atoms with E-state index in [2.05, 4.69) is 80.7 Å². The van der Waals surface area contributed by atoms with Crippen LogP contribution in [0.4, 0.5) is 0 Å². The van der Waals surface area contributed by atoms with Crippen molar-refractivity contribution in [3.8, 4) is 0 Å². The maximum absolute atomic E-state index is 13.4. The van der Waals surface area contributed by atoms with Crippen LogP contribution in [-0.4, -0.2) is 122 Å². The molecule has 74 heavy (non-hydrogen) atoms. The standard InChI is InChI=1S/C35H64O7Si2.C23H36O7/c1-25(24-39-43(12,13)33(5,6)7)17-16-18-26(2)32-27(3)19-20-30(40-28(4)36)35(11,38)22-21-29(23-31(37)41-32)42-44(14,15)34(8,9)10;1-15(14-24)7-6-8-16(2)22-17(3)9-10-20(29-18(4)25)23(5,28)12-11-19(26)13-21(27)30-22/h16-20,25,27,29-30,32,38H,21-24H2,1-15H3;6-10,15,17,19-20,22,24,26,28H,11-14H2,1-5H3/b17-16+,20-19+,26-18+;7-6+,10-9+,16-8+/t25-,27+,29-,30+,32-,35-;15-,17+,19-,20+,22-,23-/m11/s1. The third kappa shape index (κ3) is 24.2. The molecule has 0 aromatic carbocycles. The Bertz CT molecular complexity index is 1980. The van der Waals surface area contributed by atoms with Gasteiger partial charge in [-0.1, -0.05) is 118 Å². The summed E-state index contributed by atoms with van der Waals surface area (Å²) in [5, 5.41) is 41.7. The molecule has 12 atom stereocenters. The van der Waals surface area contributed by atoms with Gasteiger partial charge >= 0.3 is 23.9 Å². The van der Waals surface area contributed by atoms with Gasteiger partial charge in [-0.3, -0.25) is 19.2 Å². The summed E-state index contributed by atoms with van der Waals surface area (Å²) in [6, 6.07) is 0. The van der Waals surface area contributed by atoms with Crippen molar-refractivity contribution in [1.29, 1.82) is 0 Å². The van der Waals surface area contributed by atoms with Crippen molar-refractivity contribution in [3.63, 3.8) is 0 Å². The highest BCUT2D eigenvalue weighted by Crippen LogP contribution is 2.40. The van der Waals surface area contributed by atoms with Crippen LogP contribution in [0.1, 0.15) is 149 Å². The van der Waals surface area contributed by atoms with Crippen LogP contribution in [0.3, 0.4) is 0 Å². The number of rotatable bonds is 14. The van der Waals surface area contributed by atoms with Crippen LogP contribution in [0.25, 0.3) is 0 Å². The van der Waals surface area contributed by atoms with Gasteiger partial charge in [0.2, 0.25) is 0 Å². The van der Waals surface area contributed by atoms with Gasteiger partial charge in [-0.2, -0.15) is 0 Å². The topological polar surface area (TPSA) is 205 Å². The van der Waals surface area contributed by atoms with E-state index in [0.29, 0.717) is 19.4 Å². The molecule has 0 aliphatic carbocycles. The molecular weight excluding hydrogens is 977 g/mol. The number of esters is 4. The Morgan fingerprint density at radius 1 is 0.703 bits per heavy atom. The molecule has 424 valence electrons. The Labute approximate surface area is 448 Å². The molecule has 2 aliphatic rings. The molecule has 16 heteroatoms. The molecule has 0 bridgehead atoms. The molecule has 4 N–H and O–H groups in total. The molecule has 2 rings (SSSR count). The van der Waals surface area contributed by atoms with E-state index in [-0.39, 0.29) is 72.0 Å². The number of hydrogen-bond acceptors (Lipinski definition) is 14. The number of carbonyl (C=O) groups is 4. The summed E-state index contributed by atoms with van der Waals surface area (Å²) in [4.78, 5) is 49.3. The summed E-state index contributed by atoms with van der Waals surface area (Å²) in [5.74, 6) is -2.13. The third-order valence-electron chi connectivity index (χ3n) is 14.8. The fourth-order valence-electron chi connectivity index (χ4n) is 7.60. The molecular formula is C58H100O14Si2. The van der Waals surface area contributed by atoms with Gasteiger partial charge in [-0.25, -0.2) is 0 Å². The van der Waals surface area contributed by atoms with E-state index >= 15 is 0 Å². The average Bonchev–Trinajstić information content (AvgIpc) is 3.26. The second kappa shape index (κ2) is 29.9. The smallest absolute Gasteiger partial charge is 0.309 e. The lowest BCUT2D eigenvalue weighted by molar-refractivity contribution is -0.158. The van der Waals surface area contributed by atoms with Gasteiger partial charge in [0.05, 0.1) is 25.0 Å². The number of allylic oxidation sites excluding steroid dienone is 4. The van der Waals surface area contributed by atoms with Gasteiger partial charge in [0.15, 0.2) is 16.6 Å². The highest BCUT2D eigenvalue weighted by Gasteiger charge is 2.42. The molecule has 0 saturated heterocycles. The zero-order valence-electron chi connectivity index (χ0n) is 49.1. The van der Waals surface area contributed by atoms with E-state index in [1.807, 2.05) is 65.0 Å². The van der Waals surface area contributed by atoms with E-state index in [1.54, 1.807) is 38.2 Å². The second-order valence-corrected chi connectivity index (χ2v) is 34.1. The fourth-order valence-corrected chi connectivity index (χ4v) is 10.1. The monoisotopic (exact) mass is 1080 g/mol. The quantitative estimate of drug-likeness (QED) is 0.0420. The highest BCUT2D eigenvalue weighted by atomic mass is 28.4. The molecule has 0 amide bonds. The third-order valence-corrected chi connectivity index (χ3v) is 23.8. The lowest BCUT2D eigenvalue weighted by Crippen LogP contribution is -2.46. The predicted octanol–water partition coefficient (Wildman–Crippen LogP) is 11.0. The van der Waals surface area contributed by atoms with Crippen molar-refractivity contribution in [1.82, 2.24) is 0 Å². The van der Waals surface area contributed by atoms with Crippen molar-refractivity contribution < 1.29 is 67.4 Å². The van der Waals surface area contributed by atoms with Crippen LogP contribution < -0.4 is 0 Å². The van der Waals surface area contributed by atoms with Crippen molar-refractivity contribution >= 4 is 40.5 Å². The van der Waals surface area contributed by atoms with Crippen LogP contribution in [0, 0.1) is 23.7 Å². The number of cyclic esters (lactones) is 2. The Morgan fingerprint density at radius 2 is 1.11 bits per heavy atom. The summed E-state index contributed by atoms with van der Waals surface area (Å²) >= 11 is 0. The molecule has 0 spiro atoms. The summed E-state index contributed by atoms with van der Waals surface area (Å²) < 4.78 is 35.7. The van der Waals surface area contributed by atoms with Crippen LogP contribution >= 0.6 is 0 Å². The second-order valence-electron chi connectivity index (χ2n) is 24.5. The van der Waals surface area contributed by atoms with Crippen LogP contribution in [0.15, 0.2) is 71.9 Å². The summed E-state index contributed by atoms with van der Waals surface area (Å²) in [6.07, 6.45) is 15.1. The molecule has 0 aromatic rings. The highest BCUT2D eigenvalue weighted by molar-refractivity contribution is 6.74. The van der Waals surface area contributed by atoms with E-state index in [9.17, 15) is 34.5 Å². The Morgan fingerprint density at radius 3 is 1.51 bits per heavy atom. The minimum absolute atomic E-state index is 0.00657. The maximum Gasteiger partial charge on any atom is 0.309 e. The van der Waals surface area contributed by atoms with E-state index < -0.39 is 82.4 Å². The largest absolute Gasteiger partial charge is 0.457 e. The Kier molecular flexibility index (Phi) is 27.7. The van der Waals surface area contributed by atoms with Crippen LogP contribution in [0.5, 0.6) is 0 Å². The van der Waals surface area contributed by atoms with Gasteiger partial charge in [-0.15, -0.1) is 0 Å². The first-order valence-corrected chi connectivity index (χ1v) is 32.4. The molecule has 14 nitrogen and oxygen atoms in total. The number of hydrogen-bond donors (Lipinski definition) is 4. The number of aliphatic hydroxyl groups is 4. The number of carbonyl (C=O) groups excluding carboxylic acids is 4. The minimum Gasteiger partial charge on any atom is -0.457 e. The molecule has 0 unspecified atom stereocenters. The fraction of sp³-hybridized carbons (Fsp3) is 0.724. The normalized spacial score (nSPS) is 30.7. The lowest BCUT2D eigenvalue weighted by atomic mass is 9.88. The molecule has 2 heterocycles. The Hall–Kier alpha value is -3.49. The first kappa shape index (κ1) is 68.5. The van der Waals surface area contributed by atoms with Gasteiger partial charge in [-0.05, 0) is 125 Å². The number of ether oxygens (including phenoxy) is 4. The SMILES string of the molecule is CC(=O)O[C@H]1/C=C/[C@H](C)[C@@H](/C(C)=C/C=C/[C@@H](C)CO)OC(=O)C[C@H](O)CC[C@@]1(C)O.CC(=O)O[C@H]1/C=C/[C@H](C)[C@@H](/C(C)=C/C=C/[C@@H](C)CO[Si](C)(C)C(C)(C)C)OC(=O)C[C@H](O[Si](C)(C)C(C)(C)C)CC[C@@]1(C)O. The first-order valence-electron chi connectivity index (χ1n) is 26.6. The van der Waals surface area contributed by atoms with E-state index in [4.69, 9.17) is 32.9 Å². The van der Waals surface area contributed by atoms with Gasteiger partial charge in [0, 0.05) is 38.9 Å². The first-order chi connectivity index (χ1) is 33.7. The van der Waals surface area contributed by atoms with Crippen LogP contribution in [-0.2, 0) is 47.0 Å². The van der Waals surface area contributed by atoms with Crippen molar-refractivity contribution in [2.24, 2.45) is 23.7 Å². The molecule has 2 aliphatic heterocycles. The zero-order valence-corrected chi connectivity index (χ0v) is 51.1. The maximum atomic E-state index is 13.4. The zero-order chi connectivity index (χ0) is 57.2. The van der Waals surface area contributed by atoms with E-state index in [0.717, 1.165) is 11.1 Å². The van der Waals surface area contributed by atoms with Crippen molar-refractivity contribution in [2.45, 2.75) is 233 Å². The van der Waals surface area contributed by atoms with Crippen molar-refractivity contribution in [3.05, 3.63) is 71.9 Å². The minimum atomic E-state index is -2.23.